The van der Waals surface area contributed by atoms with E-state index in [4.69, 9.17) is 11.1 Å². The smallest absolute Gasteiger partial charge is 0.172 e. The van der Waals surface area contributed by atoms with Crippen LogP contribution in [0.15, 0.2) is 40.8 Å². The summed E-state index contributed by atoms with van der Waals surface area (Å²) in [6.07, 6.45) is 5.22. The lowest BCUT2D eigenvalue weighted by Gasteiger charge is -2.05. The summed E-state index contributed by atoms with van der Waals surface area (Å²) in [5.41, 5.74) is 5.96. The molecule has 0 aliphatic rings. The van der Waals surface area contributed by atoms with E-state index < -0.39 is 0 Å². The quantitative estimate of drug-likeness (QED) is 0.617. The highest BCUT2D eigenvalue weighted by atomic mass is 32.2. The highest BCUT2D eigenvalue weighted by Gasteiger charge is 2.09. The zero-order valence-corrected chi connectivity index (χ0v) is 9.53. The van der Waals surface area contributed by atoms with Gasteiger partial charge in [-0.1, -0.05) is 0 Å². The Bertz CT molecular complexity index is 519. The number of rotatable bonds is 3. The predicted octanol–water partition coefficient (Wildman–Crippen LogP) is 1.25. The summed E-state index contributed by atoms with van der Waals surface area (Å²) in [7, 11) is 1.92. The largest absolute Gasteiger partial charge is 0.382 e. The lowest BCUT2D eigenvalue weighted by molar-refractivity contribution is 0.790. The average molecular weight is 233 g/mol. The van der Waals surface area contributed by atoms with Gasteiger partial charge in [0.1, 0.15) is 11.5 Å². The van der Waals surface area contributed by atoms with Crippen molar-refractivity contribution in [1.29, 1.82) is 5.41 Å². The summed E-state index contributed by atoms with van der Waals surface area (Å²) in [5, 5.41) is 8.28. The van der Waals surface area contributed by atoms with Gasteiger partial charge in [-0.2, -0.15) is 0 Å². The van der Waals surface area contributed by atoms with Gasteiger partial charge in [0.05, 0.1) is 0 Å². The van der Waals surface area contributed by atoms with Crippen LogP contribution in [0.3, 0.4) is 0 Å². The van der Waals surface area contributed by atoms with Crippen molar-refractivity contribution in [2.45, 2.75) is 10.1 Å². The zero-order chi connectivity index (χ0) is 11.5. The molecule has 0 unspecified atom stereocenters. The molecule has 0 amide bonds. The van der Waals surface area contributed by atoms with Crippen LogP contribution in [-0.4, -0.2) is 20.4 Å². The van der Waals surface area contributed by atoms with Gasteiger partial charge in [-0.3, -0.25) is 10.4 Å². The molecule has 5 nitrogen and oxygen atoms in total. The molecule has 82 valence electrons. The molecule has 2 rings (SSSR count). The second-order valence-corrected chi connectivity index (χ2v) is 4.20. The van der Waals surface area contributed by atoms with Crippen LogP contribution < -0.4 is 5.73 Å². The van der Waals surface area contributed by atoms with E-state index >= 15 is 0 Å². The van der Waals surface area contributed by atoms with Crippen LogP contribution in [0.1, 0.15) is 5.69 Å². The maximum absolute atomic E-state index is 7.43. The molecular weight excluding hydrogens is 222 g/mol. The van der Waals surface area contributed by atoms with E-state index in [9.17, 15) is 0 Å². The molecular formula is C10H11N5S. The van der Waals surface area contributed by atoms with Gasteiger partial charge in [0, 0.05) is 30.5 Å². The lowest BCUT2D eigenvalue weighted by Crippen LogP contribution is -2.14. The van der Waals surface area contributed by atoms with Gasteiger partial charge < -0.3 is 10.3 Å². The molecule has 0 aliphatic carbocycles. The Hall–Kier alpha value is -1.82. The molecule has 2 aromatic rings. The molecule has 0 bridgehead atoms. The minimum Gasteiger partial charge on any atom is -0.382 e. The molecule has 2 aromatic heterocycles. The molecule has 6 heteroatoms. The number of nitrogens with two attached hydrogens (primary N) is 1. The number of hydrogen-bond acceptors (Lipinski definition) is 4. The third kappa shape index (κ3) is 2.06. The number of nitrogens with zero attached hydrogens (tertiary/aromatic N) is 3. The van der Waals surface area contributed by atoms with Crippen molar-refractivity contribution in [3.05, 3.63) is 36.4 Å². The maximum Gasteiger partial charge on any atom is 0.172 e. The van der Waals surface area contributed by atoms with Crippen LogP contribution in [0.25, 0.3) is 0 Å². The van der Waals surface area contributed by atoms with Crippen LogP contribution in [0, 0.1) is 5.41 Å². The van der Waals surface area contributed by atoms with Crippen LogP contribution in [-0.2, 0) is 7.05 Å². The summed E-state index contributed by atoms with van der Waals surface area (Å²) >= 11 is 1.44. The van der Waals surface area contributed by atoms with Gasteiger partial charge in [-0.25, -0.2) is 4.98 Å². The number of pyridine rings is 1. The zero-order valence-electron chi connectivity index (χ0n) is 8.71. The fourth-order valence-electron chi connectivity index (χ4n) is 1.22. The first-order valence-electron chi connectivity index (χ1n) is 4.63. The number of hydrogen-bond donors (Lipinski definition) is 2. The van der Waals surface area contributed by atoms with E-state index in [0.717, 1.165) is 10.1 Å². The topological polar surface area (TPSA) is 80.6 Å². The highest BCUT2D eigenvalue weighted by molar-refractivity contribution is 7.99. The van der Waals surface area contributed by atoms with Crippen LogP contribution in [0.5, 0.6) is 0 Å². The van der Waals surface area contributed by atoms with Gasteiger partial charge in [0.15, 0.2) is 5.16 Å². The summed E-state index contributed by atoms with van der Waals surface area (Å²) in [5.74, 6) is -0.0303. The van der Waals surface area contributed by atoms with E-state index in [-0.39, 0.29) is 5.84 Å². The average Bonchev–Trinajstić information content (AvgIpc) is 2.65. The molecule has 0 saturated heterocycles. The van der Waals surface area contributed by atoms with E-state index in [2.05, 4.69) is 9.97 Å². The van der Waals surface area contributed by atoms with Crippen molar-refractivity contribution in [3.63, 3.8) is 0 Å². The molecule has 0 fully saturated rings. The SMILES string of the molecule is Cn1ccnc1Sc1cccnc1C(=N)N. The fourth-order valence-corrected chi connectivity index (χ4v) is 2.14. The number of nitrogen functional groups attached to an aromatic ring is 1. The normalized spacial score (nSPS) is 10.3. The van der Waals surface area contributed by atoms with Gasteiger partial charge in [0.25, 0.3) is 0 Å². The molecule has 0 radical (unpaired) electrons. The minimum atomic E-state index is -0.0303. The van der Waals surface area contributed by atoms with Crippen molar-refractivity contribution in [2.75, 3.05) is 0 Å². The predicted molar refractivity (Wildman–Crippen MR) is 62.6 cm³/mol. The van der Waals surface area contributed by atoms with Crippen molar-refractivity contribution in [3.8, 4) is 0 Å². The first-order chi connectivity index (χ1) is 7.68. The second kappa shape index (κ2) is 4.36. The van der Waals surface area contributed by atoms with Gasteiger partial charge >= 0.3 is 0 Å². The highest BCUT2D eigenvalue weighted by Crippen LogP contribution is 2.27. The first kappa shape index (κ1) is 10.7. The Kier molecular flexibility index (Phi) is 2.91. The van der Waals surface area contributed by atoms with E-state index in [0.29, 0.717) is 5.69 Å². The monoisotopic (exact) mass is 233 g/mol. The van der Waals surface area contributed by atoms with Crippen LogP contribution in [0.2, 0.25) is 0 Å². The maximum atomic E-state index is 7.43. The molecule has 3 N–H and O–H groups in total. The van der Waals surface area contributed by atoms with E-state index in [1.54, 1.807) is 12.4 Å². The van der Waals surface area contributed by atoms with Crippen molar-refractivity contribution >= 4 is 17.6 Å². The second-order valence-electron chi connectivity index (χ2n) is 3.19. The molecule has 0 aliphatic heterocycles. The van der Waals surface area contributed by atoms with Gasteiger partial charge in [-0.15, -0.1) is 0 Å². The summed E-state index contributed by atoms with van der Waals surface area (Å²) < 4.78 is 1.90. The number of nitrogens with one attached hydrogen (secondary N) is 1. The number of aryl methyl sites for hydroxylation is 1. The third-order valence-corrected chi connectivity index (χ3v) is 3.13. The molecule has 0 aromatic carbocycles. The Morgan fingerprint density at radius 2 is 2.25 bits per heavy atom. The number of aromatic nitrogens is 3. The third-order valence-electron chi connectivity index (χ3n) is 2.00. The Balaban J connectivity index is 2.35. The number of amidine groups is 1. The van der Waals surface area contributed by atoms with Gasteiger partial charge in [-0.05, 0) is 23.9 Å². The van der Waals surface area contributed by atoms with Crippen molar-refractivity contribution in [1.82, 2.24) is 14.5 Å². The molecule has 0 spiro atoms. The Morgan fingerprint density at radius 1 is 1.44 bits per heavy atom. The molecule has 0 atom stereocenters. The first-order valence-corrected chi connectivity index (χ1v) is 5.44. The molecule has 16 heavy (non-hydrogen) atoms. The minimum absolute atomic E-state index is 0.0303. The summed E-state index contributed by atoms with van der Waals surface area (Å²) in [6, 6.07) is 3.70. The van der Waals surface area contributed by atoms with E-state index in [1.807, 2.05) is 29.9 Å². The molecule has 0 saturated carbocycles. The van der Waals surface area contributed by atoms with Crippen molar-refractivity contribution < 1.29 is 0 Å². The standard InChI is InChI=1S/C10H11N5S/c1-15-6-5-14-10(15)16-7-3-2-4-13-8(7)9(11)12/h2-6H,1H3,(H3,11,12). The molecule has 2 heterocycles. The van der Waals surface area contributed by atoms with Crippen molar-refractivity contribution in [2.24, 2.45) is 12.8 Å². The van der Waals surface area contributed by atoms with E-state index in [1.165, 1.54) is 11.8 Å². The van der Waals surface area contributed by atoms with Crippen LogP contribution in [0.4, 0.5) is 0 Å². The summed E-state index contributed by atoms with van der Waals surface area (Å²) in [4.78, 5) is 9.12. The Labute approximate surface area is 97.2 Å². The fraction of sp³-hybridized carbons (Fsp3) is 0.100. The summed E-state index contributed by atoms with van der Waals surface area (Å²) in [6.45, 7) is 0. The van der Waals surface area contributed by atoms with Crippen LogP contribution >= 0.6 is 11.8 Å². The van der Waals surface area contributed by atoms with Gasteiger partial charge in [0.2, 0.25) is 0 Å². The lowest BCUT2D eigenvalue weighted by atomic mass is 10.3. The number of imidazole rings is 1. The Morgan fingerprint density at radius 3 is 2.88 bits per heavy atom.